The summed E-state index contributed by atoms with van der Waals surface area (Å²) in [6, 6.07) is 16.6. The van der Waals surface area contributed by atoms with E-state index in [4.69, 9.17) is 4.74 Å². The fourth-order valence-electron chi connectivity index (χ4n) is 2.74. The van der Waals surface area contributed by atoms with Gasteiger partial charge in [0.2, 0.25) is 5.91 Å². The number of phenolic OH excluding ortho intramolecular Hbond substituents is 1. The van der Waals surface area contributed by atoms with Crippen molar-refractivity contribution in [2.75, 3.05) is 11.9 Å². The molecule has 0 aromatic heterocycles. The Morgan fingerprint density at radius 2 is 1.66 bits per heavy atom. The van der Waals surface area contributed by atoms with Gasteiger partial charge < -0.3 is 15.2 Å². The molecule has 148 valence electrons. The predicted octanol–water partition coefficient (Wildman–Crippen LogP) is 4.18. The number of carbonyl (C=O) groups is 3. The van der Waals surface area contributed by atoms with Crippen molar-refractivity contribution in [1.29, 1.82) is 0 Å². The Kier molecular flexibility index (Phi) is 5.93. The van der Waals surface area contributed by atoms with Crippen LogP contribution in [-0.4, -0.2) is 29.4 Å². The summed E-state index contributed by atoms with van der Waals surface area (Å²) in [5.41, 5.74) is 0.935. The minimum Gasteiger partial charge on any atom is -0.506 e. The number of aromatic hydroxyl groups is 1. The third kappa shape index (κ3) is 4.60. The first-order valence-electron chi connectivity index (χ1n) is 9.19. The van der Waals surface area contributed by atoms with Crippen LogP contribution in [0, 0.1) is 5.92 Å². The molecule has 3 aromatic carbocycles. The fourth-order valence-corrected chi connectivity index (χ4v) is 2.74. The number of rotatable bonds is 6. The third-order valence-electron chi connectivity index (χ3n) is 4.45. The predicted molar refractivity (Wildman–Crippen MR) is 110 cm³/mol. The smallest absolute Gasteiger partial charge is 0.342 e. The first kappa shape index (κ1) is 20.1. The second kappa shape index (κ2) is 8.56. The van der Waals surface area contributed by atoms with Crippen LogP contribution >= 0.6 is 0 Å². The lowest BCUT2D eigenvalue weighted by Gasteiger charge is -2.09. The molecule has 3 aromatic rings. The van der Waals surface area contributed by atoms with Crippen molar-refractivity contribution in [1.82, 2.24) is 0 Å². The summed E-state index contributed by atoms with van der Waals surface area (Å²) in [7, 11) is 0. The van der Waals surface area contributed by atoms with Crippen LogP contribution in [0.3, 0.4) is 0 Å². The molecule has 0 saturated carbocycles. The topological polar surface area (TPSA) is 92.7 Å². The van der Waals surface area contributed by atoms with E-state index >= 15 is 0 Å². The van der Waals surface area contributed by atoms with Gasteiger partial charge in [0, 0.05) is 22.6 Å². The molecular formula is C23H21NO5. The molecule has 0 unspecified atom stereocenters. The molecule has 3 rings (SSSR count). The molecule has 0 spiro atoms. The number of hydrogen-bond acceptors (Lipinski definition) is 5. The van der Waals surface area contributed by atoms with Gasteiger partial charge in [0.05, 0.1) is 0 Å². The Morgan fingerprint density at radius 3 is 2.34 bits per heavy atom. The van der Waals surface area contributed by atoms with Crippen molar-refractivity contribution in [2.24, 2.45) is 5.92 Å². The maximum Gasteiger partial charge on any atom is 0.342 e. The molecule has 0 aliphatic heterocycles. The molecular weight excluding hydrogens is 370 g/mol. The number of anilines is 1. The van der Waals surface area contributed by atoms with Crippen LogP contribution in [0.2, 0.25) is 0 Å². The Labute approximate surface area is 168 Å². The Bertz CT molecular complexity index is 1070. The number of Topliss-reactive ketones (excluding diaryl/α,β-unsaturated/α-hetero) is 1. The van der Waals surface area contributed by atoms with Crippen molar-refractivity contribution >= 4 is 34.1 Å². The maximum atomic E-state index is 12.3. The number of esters is 1. The minimum absolute atomic E-state index is 0.00301. The molecule has 1 amide bonds. The van der Waals surface area contributed by atoms with E-state index in [1.165, 1.54) is 6.07 Å². The molecule has 6 nitrogen and oxygen atoms in total. The van der Waals surface area contributed by atoms with E-state index in [0.29, 0.717) is 16.6 Å². The standard InChI is InChI=1S/C23H21NO5/c1-14(2)22(27)24-17-10-7-16(8-11-17)20(25)13-29-23(28)19-12-9-15-5-3-4-6-18(15)21(19)26/h3-12,14,26H,13H2,1-2H3,(H,24,27). The van der Waals surface area contributed by atoms with E-state index in [9.17, 15) is 19.5 Å². The van der Waals surface area contributed by atoms with Gasteiger partial charge in [0.1, 0.15) is 11.3 Å². The molecule has 0 aliphatic rings. The number of hydrogen-bond donors (Lipinski definition) is 2. The lowest BCUT2D eigenvalue weighted by molar-refractivity contribution is -0.118. The molecule has 0 heterocycles. The number of phenols is 1. The highest BCUT2D eigenvalue weighted by Gasteiger charge is 2.17. The zero-order valence-corrected chi connectivity index (χ0v) is 16.1. The molecule has 0 atom stereocenters. The number of fused-ring (bicyclic) bond motifs is 1. The van der Waals surface area contributed by atoms with Gasteiger partial charge in [-0.2, -0.15) is 0 Å². The quantitative estimate of drug-likeness (QED) is 0.486. The number of ketones is 1. The van der Waals surface area contributed by atoms with Crippen molar-refractivity contribution in [2.45, 2.75) is 13.8 Å². The van der Waals surface area contributed by atoms with Gasteiger partial charge in [0.25, 0.3) is 0 Å². The van der Waals surface area contributed by atoms with E-state index in [1.807, 2.05) is 12.1 Å². The van der Waals surface area contributed by atoms with Crippen molar-refractivity contribution in [3.8, 4) is 5.75 Å². The lowest BCUT2D eigenvalue weighted by Crippen LogP contribution is -2.18. The number of carbonyl (C=O) groups excluding carboxylic acids is 3. The lowest BCUT2D eigenvalue weighted by atomic mass is 10.1. The average molecular weight is 391 g/mol. The van der Waals surface area contributed by atoms with Gasteiger partial charge in [-0.05, 0) is 35.7 Å². The summed E-state index contributed by atoms with van der Waals surface area (Å²) in [5.74, 6) is -1.61. The monoisotopic (exact) mass is 391 g/mol. The number of ether oxygens (including phenoxy) is 1. The van der Waals surface area contributed by atoms with E-state index < -0.39 is 12.6 Å². The molecule has 0 saturated heterocycles. The fraction of sp³-hybridized carbons (Fsp3) is 0.174. The van der Waals surface area contributed by atoms with Gasteiger partial charge in [0.15, 0.2) is 12.4 Å². The summed E-state index contributed by atoms with van der Waals surface area (Å²) >= 11 is 0. The molecule has 0 aliphatic carbocycles. The normalized spacial score (nSPS) is 10.7. The first-order chi connectivity index (χ1) is 13.9. The largest absolute Gasteiger partial charge is 0.506 e. The van der Waals surface area contributed by atoms with Gasteiger partial charge in [-0.3, -0.25) is 9.59 Å². The highest BCUT2D eigenvalue weighted by molar-refractivity contribution is 6.03. The Balaban J connectivity index is 1.64. The highest BCUT2D eigenvalue weighted by atomic mass is 16.5. The van der Waals surface area contributed by atoms with Crippen LogP contribution in [0.4, 0.5) is 5.69 Å². The van der Waals surface area contributed by atoms with Gasteiger partial charge in [-0.25, -0.2) is 4.79 Å². The molecule has 0 radical (unpaired) electrons. The van der Waals surface area contributed by atoms with Crippen molar-refractivity contribution in [3.05, 3.63) is 71.8 Å². The zero-order valence-electron chi connectivity index (χ0n) is 16.1. The van der Waals surface area contributed by atoms with Crippen LogP contribution in [0.1, 0.15) is 34.6 Å². The Morgan fingerprint density at radius 1 is 0.966 bits per heavy atom. The third-order valence-corrected chi connectivity index (χ3v) is 4.45. The zero-order chi connectivity index (χ0) is 21.0. The summed E-state index contributed by atoms with van der Waals surface area (Å²) < 4.78 is 5.08. The SMILES string of the molecule is CC(C)C(=O)Nc1ccc(C(=O)COC(=O)c2ccc3ccccc3c2O)cc1. The van der Waals surface area contributed by atoms with Crippen LogP contribution in [0.5, 0.6) is 5.75 Å². The minimum atomic E-state index is -0.776. The summed E-state index contributed by atoms with van der Waals surface area (Å²) in [6.45, 7) is 3.12. The molecule has 29 heavy (non-hydrogen) atoms. The second-order valence-electron chi connectivity index (χ2n) is 6.90. The second-order valence-corrected chi connectivity index (χ2v) is 6.90. The van der Waals surface area contributed by atoms with E-state index in [1.54, 1.807) is 56.3 Å². The molecule has 0 fully saturated rings. The van der Waals surface area contributed by atoms with Gasteiger partial charge >= 0.3 is 5.97 Å². The van der Waals surface area contributed by atoms with Crippen molar-refractivity contribution < 1.29 is 24.2 Å². The number of nitrogens with one attached hydrogen (secondary N) is 1. The van der Waals surface area contributed by atoms with E-state index in [0.717, 1.165) is 5.39 Å². The molecule has 2 N–H and O–H groups in total. The number of amides is 1. The Hall–Kier alpha value is -3.67. The molecule has 6 heteroatoms. The summed E-state index contributed by atoms with van der Waals surface area (Å²) in [6.07, 6.45) is 0. The maximum absolute atomic E-state index is 12.3. The van der Waals surface area contributed by atoms with E-state index in [2.05, 4.69) is 5.32 Å². The summed E-state index contributed by atoms with van der Waals surface area (Å²) in [4.78, 5) is 36.3. The van der Waals surface area contributed by atoms with Crippen LogP contribution in [0.25, 0.3) is 10.8 Å². The van der Waals surface area contributed by atoms with Gasteiger partial charge in [-0.15, -0.1) is 0 Å². The van der Waals surface area contributed by atoms with E-state index in [-0.39, 0.29) is 28.9 Å². The summed E-state index contributed by atoms with van der Waals surface area (Å²) in [5, 5.41) is 14.4. The van der Waals surface area contributed by atoms with Crippen LogP contribution in [0.15, 0.2) is 60.7 Å². The average Bonchev–Trinajstić information content (AvgIpc) is 2.72. The highest BCUT2D eigenvalue weighted by Crippen LogP contribution is 2.29. The van der Waals surface area contributed by atoms with Crippen LogP contribution in [-0.2, 0) is 9.53 Å². The van der Waals surface area contributed by atoms with Crippen LogP contribution < -0.4 is 5.32 Å². The van der Waals surface area contributed by atoms with Gasteiger partial charge in [-0.1, -0.05) is 44.2 Å². The number of benzene rings is 3. The first-order valence-corrected chi connectivity index (χ1v) is 9.19. The molecule has 0 bridgehead atoms. The van der Waals surface area contributed by atoms with Crippen molar-refractivity contribution in [3.63, 3.8) is 0 Å².